The number of carbonyl (C=O) groups excluding carboxylic acids is 1. The quantitative estimate of drug-likeness (QED) is 0.127. The van der Waals surface area contributed by atoms with E-state index in [0.29, 0.717) is 74.1 Å². The Kier molecular flexibility index (Phi) is 10.1. The maximum atomic E-state index is 14.6. The van der Waals surface area contributed by atoms with Crippen LogP contribution in [0.25, 0.3) is 66.3 Å². The van der Waals surface area contributed by atoms with E-state index in [9.17, 15) is 14.7 Å². The summed E-state index contributed by atoms with van der Waals surface area (Å²) in [4.78, 5) is 38.0. The first-order chi connectivity index (χ1) is 29.5. The predicted molar refractivity (Wildman–Crippen MR) is 238 cm³/mol. The van der Waals surface area contributed by atoms with E-state index in [4.69, 9.17) is 28.3 Å². The largest absolute Gasteiger partial charge is 0.488 e. The van der Waals surface area contributed by atoms with Crippen molar-refractivity contribution in [2.45, 2.75) is 66.1 Å². The van der Waals surface area contributed by atoms with Crippen LogP contribution in [-0.2, 0) is 36.2 Å². The Morgan fingerprint density at radius 2 is 1.38 bits per heavy atom. The van der Waals surface area contributed by atoms with Crippen molar-refractivity contribution in [3.8, 4) is 28.3 Å². The molecule has 1 N–H and O–H groups in total. The average Bonchev–Trinajstić information content (AvgIpc) is 3.88. The van der Waals surface area contributed by atoms with Crippen LogP contribution in [0.3, 0.4) is 0 Å². The van der Waals surface area contributed by atoms with E-state index in [1.54, 1.807) is 18.4 Å². The van der Waals surface area contributed by atoms with E-state index in [2.05, 4.69) is 33.8 Å². The fourth-order valence-corrected chi connectivity index (χ4v) is 8.08. The van der Waals surface area contributed by atoms with Crippen LogP contribution < -0.4 is 4.74 Å². The lowest BCUT2D eigenvalue weighted by molar-refractivity contribution is 0.0450. The number of furan rings is 2. The molecule has 0 aliphatic rings. The minimum Gasteiger partial charge on any atom is -0.488 e. The number of hydrogen-bond acceptors (Lipinski definition) is 8. The zero-order valence-electron chi connectivity index (χ0n) is 34.7. The van der Waals surface area contributed by atoms with Gasteiger partial charge < -0.3 is 23.4 Å². The molecule has 0 amide bonds. The molecule has 4 aromatic heterocycles. The summed E-state index contributed by atoms with van der Waals surface area (Å²) >= 11 is 0. The number of aryl methyl sites for hydroxylation is 2. The van der Waals surface area contributed by atoms with E-state index in [1.165, 1.54) is 0 Å². The topological polar surface area (TPSA) is 125 Å². The number of aromatic carboxylic acids is 1. The summed E-state index contributed by atoms with van der Waals surface area (Å²) in [6.07, 6.45) is 2.99. The number of carboxylic acids is 1. The van der Waals surface area contributed by atoms with Crippen molar-refractivity contribution in [3.05, 3.63) is 161 Å². The van der Waals surface area contributed by atoms with Crippen molar-refractivity contribution in [2.24, 2.45) is 0 Å². The first-order valence-electron chi connectivity index (χ1n) is 20.5. The van der Waals surface area contributed by atoms with Gasteiger partial charge in [-0.15, -0.1) is 0 Å². The molecule has 0 saturated carbocycles. The number of pyridine rings is 2. The Bertz CT molecular complexity index is 3150. The van der Waals surface area contributed by atoms with Gasteiger partial charge in [0.1, 0.15) is 29.8 Å². The van der Waals surface area contributed by atoms with Crippen molar-refractivity contribution in [3.63, 3.8) is 0 Å². The van der Waals surface area contributed by atoms with Gasteiger partial charge in [0, 0.05) is 21.7 Å². The van der Waals surface area contributed by atoms with Gasteiger partial charge >= 0.3 is 11.9 Å². The number of nitrogens with zero attached hydrogens (tertiary/aromatic N) is 2. The summed E-state index contributed by atoms with van der Waals surface area (Å²) < 4.78 is 24.8. The lowest BCUT2D eigenvalue weighted by Crippen LogP contribution is -2.13. The van der Waals surface area contributed by atoms with Gasteiger partial charge in [0.15, 0.2) is 12.4 Å². The Labute approximate surface area is 352 Å². The first-order valence-corrected chi connectivity index (χ1v) is 20.5. The normalized spacial score (nSPS) is 11.8. The van der Waals surface area contributed by atoms with Crippen LogP contribution >= 0.6 is 0 Å². The molecule has 0 aliphatic heterocycles. The van der Waals surface area contributed by atoms with E-state index < -0.39 is 11.9 Å². The molecule has 9 heteroatoms. The maximum Gasteiger partial charge on any atom is 0.339 e. The molecule has 0 unspecified atom stereocenters. The molecule has 0 saturated heterocycles. The molecule has 5 aromatic carbocycles. The summed E-state index contributed by atoms with van der Waals surface area (Å²) in [6, 6.07) is 36.2. The summed E-state index contributed by atoms with van der Waals surface area (Å²) in [6.45, 7) is 10.5. The monoisotopic (exact) mass is 808 g/mol. The number of fused-ring (bicyclic) bond motifs is 4. The van der Waals surface area contributed by atoms with Crippen molar-refractivity contribution in [1.82, 2.24) is 9.97 Å². The van der Waals surface area contributed by atoms with Gasteiger partial charge in [-0.05, 0) is 76.9 Å². The number of esters is 1. The summed E-state index contributed by atoms with van der Waals surface area (Å²) in [5.41, 5.74) is 8.87. The highest BCUT2D eigenvalue weighted by Crippen LogP contribution is 2.40. The average molecular weight is 809 g/mol. The van der Waals surface area contributed by atoms with Gasteiger partial charge in [0.2, 0.25) is 0 Å². The molecule has 0 fully saturated rings. The zero-order chi connectivity index (χ0) is 42.4. The van der Waals surface area contributed by atoms with Crippen molar-refractivity contribution < 1.29 is 33.0 Å². The fourth-order valence-electron chi connectivity index (χ4n) is 8.08. The molecule has 0 spiro atoms. The highest BCUT2D eigenvalue weighted by Gasteiger charge is 2.27. The second kappa shape index (κ2) is 15.7. The Morgan fingerprint density at radius 3 is 2.11 bits per heavy atom. The van der Waals surface area contributed by atoms with Crippen LogP contribution in [0.15, 0.2) is 130 Å². The van der Waals surface area contributed by atoms with Crippen LogP contribution in [-0.4, -0.2) is 27.0 Å². The van der Waals surface area contributed by atoms with Crippen LogP contribution in [0.4, 0.5) is 0 Å². The Balaban J connectivity index is 1.16. The molecule has 4 heterocycles. The number of benzene rings is 5. The minimum absolute atomic E-state index is 0.0375. The van der Waals surface area contributed by atoms with E-state index in [-0.39, 0.29) is 24.2 Å². The second-order valence-electron chi connectivity index (χ2n) is 16.2. The molecule has 0 aliphatic carbocycles. The second-order valence-corrected chi connectivity index (χ2v) is 16.2. The van der Waals surface area contributed by atoms with Crippen molar-refractivity contribution in [1.29, 1.82) is 0 Å². The lowest BCUT2D eigenvalue weighted by Gasteiger charge is -2.22. The molecule has 0 radical (unpaired) electrons. The third kappa shape index (κ3) is 7.26. The van der Waals surface area contributed by atoms with Gasteiger partial charge in [0.05, 0.1) is 44.5 Å². The van der Waals surface area contributed by atoms with Crippen LogP contribution in [0.5, 0.6) is 5.75 Å². The number of para-hydroxylation sites is 2. The number of carboxylic acid groups (broad SMARTS) is 1. The Morgan fingerprint density at radius 1 is 0.689 bits per heavy atom. The molecular formula is C52H44N2O7. The van der Waals surface area contributed by atoms with Gasteiger partial charge in [0.25, 0.3) is 0 Å². The number of ether oxygens (including phenoxy) is 2. The third-order valence-corrected chi connectivity index (χ3v) is 11.3. The van der Waals surface area contributed by atoms with E-state index in [1.807, 2.05) is 104 Å². The van der Waals surface area contributed by atoms with Gasteiger partial charge in [-0.3, -0.25) is 0 Å². The molecule has 9 nitrogen and oxygen atoms in total. The highest BCUT2D eigenvalue weighted by atomic mass is 16.5. The molecule has 61 heavy (non-hydrogen) atoms. The third-order valence-electron chi connectivity index (χ3n) is 11.3. The van der Waals surface area contributed by atoms with Gasteiger partial charge in [-0.1, -0.05) is 113 Å². The molecule has 0 bridgehead atoms. The lowest BCUT2D eigenvalue weighted by atomic mass is 9.84. The van der Waals surface area contributed by atoms with E-state index in [0.717, 1.165) is 44.3 Å². The number of hydrogen-bond donors (Lipinski definition) is 1. The molecule has 0 atom stereocenters. The number of rotatable bonds is 11. The highest BCUT2D eigenvalue weighted by molar-refractivity contribution is 6.09. The first kappa shape index (κ1) is 39.2. The molecular weight excluding hydrogens is 765 g/mol. The Hall–Kier alpha value is -7.26. The predicted octanol–water partition coefficient (Wildman–Crippen LogP) is 12.7. The SMILES string of the molecule is CCc1cc(C(C)(C)C)cc2c(C(=O)OCc3oc4ccccc4c3-c3cc(C(=O)O)c4c(OCc5ccccc5)ccc(CC)c4n3)cc(-c3coc4ccccc34)nc12. The van der Waals surface area contributed by atoms with Crippen molar-refractivity contribution in [2.75, 3.05) is 0 Å². The number of aromatic nitrogens is 2. The van der Waals surface area contributed by atoms with Crippen LogP contribution in [0, 0.1) is 0 Å². The van der Waals surface area contributed by atoms with Crippen LogP contribution in [0.2, 0.25) is 0 Å². The summed E-state index contributed by atoms with van der Waals surface area (Å²) in [7, 11) is 0. The van der Waals surface area contributed by atoms with Gasteiger partial charge in [-0.2, -0.15) is 0 Å². The molecule has 9 aromatic rings. The smallest absolute Gasteiger partial charge is 0.339 e. The molecule has 304 valence electrons. The van der Waals surface area contributed by atoms with Crippen LogP contribution in [0.1, 0.15) is 83.3 Å². The van der Waals surface area contributed by atoms with Crippen molar-refractivity contribution >= 4 is 55.7 Å². The number of carbonyl (C=O) groups is 2. The van der Waals surface area contributed by atoms with Gasteiger partial charge in [-0.25, -0.2) is 19.6 Å². The van der Waals surface area contributed by atoms with E-state index >= 15 is 0 Å². The minimum atomic E-state index is -1.13. The maximum absolute atomic E-state index is 14.6. The molecule has 9 rings (SSSR count). The fraction of sp³-hybridized carbons (Fsp3) is 0.192. The summed E-state index contributed by atoms with van der Waals surface area (Å²) in [5, 5.41) is 13.4. The zero-order valence-corrected chi connectivity index (χ0v) is 34.7. The standard InChI is InChI=1S/C52H44N2O7/c1-6-31-21-22-44(58-27-30-15-9-8-10-16-30)47-38(50(55)56)26-41(54-49(31)47)46-35-18-12-14-20-43(35)61-45(46)29-60-51(57)37-25-40(39-28-59-42-19-13-11-17-34(39)42)53-48-32(7-2)23-33(24-36(37)48)52(3,4)5/h8-26,28H,6-7,27,29H2,1-5H3,(H,55,56). The summed E-state index contributed by atoms with van der Waals surface area (Å²) in [5.74, 6) is -0.936.